The van der Waals surface area contributed by atoms with Crippen LogP contribution in [0.25, 0.3) is 0 Å². The summed E-state index contributed by atoms with van der Waals surface area (Å²) in [6, 6.07) is 23.2. The number of aromatic nitrogens is 1. The standard InChI is InChI=1S/C28H29FN4O3S/c29-21-5-4-6-23(15-21)32-28-33-24(19-37-28)16-27(35)31-22-11-9-20(10-12-22)13-14-30-17-25(34)18-36-26-7-2-1-3-8-26/h1-12,15,19,25,30,34H,13-14,16-18H2,(H,31,35)(H,32,33). The van der Waals surface area contributed by atoms with Crippen LogP contribution in [-0.4, -0.2) is 41.8 Å². The molecule has 0 fully saturated rings. The summed E-state index contributed by atoms with van der Waals surface area (Å²) in [5.41, 5.74) is 3.07. The number of hydrogen-bond donors (Lipinski definition) is 4. The lowest BCUT2D eigenvalue weighted by Crippen LogP contribution is -2.32. The van der Waals surface area contributed by atoms with Gasteiger partial charge in [0.2, 0.25) is 5.91 Å². The third-order valence-electron chi connectivity index (χ3n) is 5.36. The van der Waals surface area contributed by atoms with Crippen molar-refractivity contribution >= 4 is 33.8 Å². The van der Waals surface area contributed by atoms with E-state index in [0.717, 1.165) is 17.7 Å². The van der Waals surface area contributed by atoms with Gasteiger partial charge in [0.1, 0.15) is 24.3 Å². The van der Waals surface area contributed by atoms with E-state index in [1.54, 1.807) is 12.1 Å². The molecule has 4 rings (SSSR count). The number of nitrogens with zero attached hydrogens (tertiary/aromatic N) is 1. The number of rotatable bonds is 13. The third-order valence-corrected chi connectivity index (χ3v) is 6.17. The molecule has 1 aromatic heterocycles. The minimum absolute atomic E-state index is 0.142. The fraction of sp³-hybridized carbons (Fsp3) is 0.214. The van der Waals surface area contributed by atoms with Gasteiger partial charge in [0.05, 0.1) is 12.1 Å². The van der Waals surface area contributed by atoms with E-state index in [9.17, 15) is 14.3 Å². The predicted molar refractivity (Wildman–Crippen MR) is 145 cm³/mol. The number of halogens is 1. The molecule has 0 aliphatic carbocycles. The van der Waals surface area contributed by atoms with Gasteiger partial charge in [0, 0.05) is 23.3 Å². The minimum atomic E-state index is -0.594. The van der Waals surface area contributed by atoms with Crippen molar-refractivity contribution in [3.63, 3.8) is 0 Å². The Hall–Kier alpha value is -3.79. The van der Waals surface area contributed by atoms with Crippen molar-refractivity contribution in [3.05, 3.63) is 101 Å². The van der Waals surface area contributed by atoms with Gasteiger partial charge in [-0.05, 0) is 61.0 Å². The molecule has 7 nitrogen and oxygen atoms in total. The monoisotopic (exact) mass is 520 g/mol. The van der Waals surface area contributed by atoms with Crippen molar-refractivity contribution in [2.45, 2.75) is 18.9 Å². The highest BCUT2D eigenvalue weighted by molar-refractivity contribution is 7.13. The highest BCUT2D eigenvalue weighted by atomic mass is 32.1. The molecule has 37 heavy (non-hydrogen) atoms. The van der Waals surface area contributed by atoms with Crippen molar-refractivity contribution in [3.8, 4) is 5.75 Å². The largest absolute Gasteiger partial charge is 0.491 e. The lowest BCUT2D eigenvalue weighted by atomic mass is 10.1. The Bertz CT molecular complexity index is 1270. The lowest BCUT2D eigenvalue weighted by molar-refractivity contribution is -0.115. The van der Waals surface area contributed by atoms with E-state index in [1.807, 2.05) is 60.0 Å². The zero-order valence-electron chi connectivity index (χ0n) is 20.2. The fourth-order valence-corrected chi connectivity index (χ4v) is 4.26. The lowest BCUT2D eigenvalue weighted by Gasteiger charge is -2.13. The molecule has 1 heterocycles. The van der Waals surface area contributed by atoms with E-state index in [-0.39, 0.29) is 24.8 Å². The number of hydrogen-bond acceptors (Lipinski definition) is 7. The van der Waals surface area contributed by atoms with Crippen LogP contribution < -0.4 is 20.7 Å². The molecule has 1 atom stereocenters. The Morgan fingerprint density at radius 3 is 2.62 bits per heavy atom. The molecule has 0 bridgehead atoms. The molecular formula is C28H29FN4O3S. The second kappa shape index (κ2) is 13.5. The number of nitrogens with one attached hydrogen (secondary N) is 3. The topological polar surface area (TPSA) is 95.5 Å². The van der Waals surface area contributed by atoms with Crippen LogP contribution >= 0.6 is 11.3 Å². The Kier molecular flexibility index (Phi) is 9.59. The molecule has 3 aromatic carbocycles. The summed E-state index contributed by atoms with van der Waals surface area (Å²) in [4.78, 5) is 16.8. The maximum absolute atomic E-state index is 13.3. The highest BCUT2D eigenvalue weighted by Crippen LogP contribution is 2.22. The van der Waals surface area contributed by atoms with Gasteiger partial charge in [0.15, 0.2) is 5.13 Å². The smallest absolute Gasteiger partial charge is 0.230 e. The normalized spacial score (nSPS) is 11.6. The van der Waals surface area contributed by atoms with Crippen molar-refractivity contribution < 1.29 is 19.0 Å². The maximum Gasteiger partial charge on any atom is 0.230 e. The van der Waals surface area contributed by atoms with Crippen LogP contribution in [0.5, 0.6) is 5.75 Å². The van der Waals surface area contributed by atoms with Crippen molar-refractivity contribution in [1.29, 1.82) is 0 Å². The number of carbonyl (C=O) groups excluding carboxylic acids is 1. The zero-order chi connectivity index (χ0) is 25.9. The van der Waals surface area contributed by atoms with E-state index < -0.39 is 6.10 Å². The van der Waals surface area contributed by atoms with Gasteiger partial charge in [-0.2, -0.15) is 0 Å². The summed E-state index contributed by atoms with van der Waals surface area (Å²) >= 11 is 1.36. The first-order valence-electron chi connectivity index (χ1n) is 12.0. The van der Waals surface area contributed by atoms with Gasteiger partial charge < -0.3 is 25.8 Å². The average Bonchev–Trinajstić information content (AvgIpc) is 3.33. The number of aliphatic hydroxyl groups excluding tert-OH is 1. The van der Waals surface area contributed by atoms with Crippen LogP contribution in [-0.2, 0) is 17.6 Å². The van der Waals surface area contributed by atoms with E-state index in [0.29, 0.717) is 35.3 Å². The van der Waals surface area contributed by atoms with Gasteiger partial charge in [-0.1, -0.05) is 36.4 Å². The van der Waals surface area contributed by atoms with Gasteiger partial charge >= 0.3 is 0 Å². The summed E-state index contributed by atoms with van der Waals surface area (Å²) in [5.74, 6) is 0.249. The first-order chi connectivity index (χ1) is 18.0. The number of anilines is 3. The molecule has 0 saturated heterocycles. The summed E-state index contributed by atoms with van der Waals surface area (Å²) < 4.78 is 18.9. The van der Waals surface area contributed by atoms with Gasteiger partial charge in [-0.15, -0.1) is 11.3 Å². The number of para-hydroxylation sites is 1. The maximum atomic E-state index is 13.3. The van der Waals surface area contributed by atoms with Crippen LogP contribution in [0.1, 0.15) is 11.3 Å². The number of benzene rings is 3. The van der Waals surface area contributed by atoms with E-state index in [2.05, 4.69) is 20.9 Å². The van der Waals surface area contributed by atoms with E-state index >= 15 is 0 Å². The van der Waals surface area contributed by atoms with Gasteiger partial charge in [-0.25, -0.2) is 9.37 Å². The molecule has 9 heteroatoms. The van der Waals surface area contributed by atoms with Gasteiger partial charge in [0.25, 0.3) is 0 Å². The number of aliphatic hydroxyl groups is 1. The Balaban J connectivity index is 1.14. The fourth-order valence-electron chi connectivity index (χ4n) is 3.53. The molecule has 0 aliphatic rings. The molecule has 192 valence electrons. The van der Waals surface area contributed by atoms with Crippen molar-refractivity contribution in [2.75, 3.05) is 30.3 Å². The first-order valence-corrected chi connectivity index (χ1v) is 12.8. The summed E-state index contributed by atoms with van der Waals surface area (Å²) in [7, 11) is 0. The van der Waals surface area contributed by atoms with Crippen LogP contribution in [0, 0.1) is 5.82 Å². The predicted octanol–water partition coefficient (Wildman–Crippen LogP) is 4.78. The molecule has 0 radical (unpaired) electrons. The first kappa shape index (κ1) is 26.3. The Labute approximate surface area is 219 Å². The van der Waals surface area contributed by atoms with Crippen LogP contribution in [0.15, 0.2) is 84.2 Å². The summed E-state index contributed by atoms with van der Waals surface area (Å²) in [5, 5.41) is 21.6. The zero-order valence-corrected chi connectivity index (χ0v) is 21.0. The highest BCUT2D eigenvalue weighted by Gasteiger charge is 2.09. The summed E-state index contributed by atoms with van der Waals surface area (Å²) in [6.45, 7) is 1.39. The molecule has 0 aliphatic heterocycles. The SMILES string of the molecule is O=C(Cc1csc(Nc2cccc(F)c2)n1)Nc1ccc(CCNCC(O)COc2ccccc2)cc1. The molecule has 4 aromatic rings. The van der Waals surface area contributed by atoms with Crippen molar-refractivity contribution in [2.24, 2.45) is 0 Å². The Morgan fingerprint density at radius 2 is 1.84 bits per heavy atom. The Morgan fingerprint density at radius 1 is 1.03 bits per heavy atom. The average molecular weight is 521 g/mol. The van der Waals surface area contributed by atoms with Crippen LogP contribution in [0.2, 0.25) is 0 Å². The number of amides is 1. The summed E-state index contributed by atoms with van der Waals surface area (Å²) in [6.07, 6.45) is 0.340. The number of thiazole rings is 1. The second-order valence-electron chi connectivity index (χ2n) is 8.43. The number of ether oxygens (including phenoxy) is 1. The third kappa shape index (κ3) is 8.98. The quantitative estimate of drug-likeness (QED) is 0.190. The molecule has 1 amide bonds. The minimum Gasteiger partial charge on any atom is -0.491 e. The number of carbonyl (C=O) groups is 1. The molecule has 1 unspecified atom stereocenters. The molecule has 0 spiro atoms. The van der Waals surface area contributed by atoms with Crippen LogP contribution in [0.4, 0.5) is 20.9 Å². The van der Waals surface area contributed by atoms with E-state index in [4.69, 9.17) is 4.74 Å². The van der Waals surface area contributed by atoms with Crippen LogP contribution in [0.3, 0.4) is 0 Å². The molecule has 4 N–H and O–H groups in total. The van der Waals surface area contributed by atoms with E-state index in [1.165, 1.54) is 23.5 Å². The van der Waals surface area contributed by atoms with Gasteiger partial charge in [-0.3, -0.25) is 4.79 Å². The molecule has 0 saturated carbocycles. The molecular weight excluding hydrogens is 491 g/mol. The van der Waals surface area contributed by atoms with Crippen molar-refractivity contribution in [1.82, 2.24) is 10.3 Å². The second-order valence-corrected chi connectivity index (χ2v) is 9.29.